The second kappa shape index (κ2) is 6.04. The lowest BCUT2D eigenvalue weighted by Gasteiger charge is -2.09. The summed E-state index contributed by atoms with van der Waals surface area (Å²) in [6.45, 7) is 4.04. The van der Waals surface area contributed by atoms with Gasteiger partial charge in [0.1, 0.15) is 5.75 Å². The number of nitrogens with two attached hydrogens (primary N) is 1. The van der Waals surface area contributed by atoms with Crippen LogP contribution in [0.2, 0.25) is 5.02 Å². The van der Waals surface area contributed by atoms with Crippen LogP contribution in [-0.2, 0) is 13.0 Å². The van der Waals surface area contributed by atoms with E-state index in [-0.39, 0.29) is 12.6 Å². The Morgan fingerprint density at radius 1 is 1.37 bits per heavy atom. The molecule has 102 valence electrons. The Kier molecular flexibility index (Phi) is 4.39. The van der Waals surface area contributed by atoms with Crippen LogP contribution in [0.5, 0.6) is 5.75 Å². The molecule has 1 heterocycles. The van der Waals surface area contributed by atoms with E-state index in [1.165, 1.54) is 0 Å². The molecule has 2 aromatic rings. The van der Waals surface area contributed by atoms with E-state index in [0.717, 1.165) is 5.56 Å². The van der Waals surface area contributed by atoms with Gasteiger partial charge in [0, 0.05) is 12.5 Å². The third-order valence-corrected chi connectivity index (χ3v) is 2.94. The molecule has 0 fully saturated rings. The number of ether oxygens (including phenoxy) is 1. The van der Waals surface area contributed by atoms with Crippen LogP contribution < -0.4 is 10.5 Å². The molecule has 0 saturated carbocycles. The van der Waals surface area contributed by atoms with Crippen molar-refractivity contribution in [3.63, 3.8) is 0 Å². The summed E-state index contributed by atoms with van der Waals surface area (Å²) in [6, 6.07) is 5.41. The molecule has 0 amide bonds. The average Bonchev–Trinajstić information content (AvgIpc) is 2.85. The van der Waals surface area contributed by atoms with E-state index in [0.29, 0.717) is 29.0 Å². The first-order valence-corrected chi connectivity index (χ1v) is 6.47. The fourth-order valence-corrected chi connectivity index (χ4v) is 1.79. The number of hydrogen-bond acceptors (Lipinski definition) is 5. The van der Waals surface area contributed by atoms with Crippen LogP contribution in [-0.4, -0.2) is 10.2 Å². The van der Waals surface area contributed by atoms with E-state index in [1.54, 1.807) is 12.1 Å². The second-order valence-electron chi connectivity index (χ2n) is 4.21. The fraction of sp³-hybridized carbons (Fsp3) is 0.385. The quantitative estimate of drug-likeness (QED) is 0.912. The van der Waals surface area contributed by atoms with Gasteiger partial charge in [-0.25, -0.2) is 0 Å². The van der Waals surface area contributed by atoms with Gasteiger partial charge in [0.2, 0.25) is 5.89 Å². The van der Waals surface area contributed by atoms with Crippen molar-refractivity contribution in [3.05, 3.63) is 40.6 Å². The smallest absolute Gasteiger partial charge is 0.253 e. The monoisotopic (exact) mass is 281 g/mol. The summed E-state index contributed by atoms with van der Waals surface area (Å²) in [5.41, 5.74) is 6.74. The number of aromatic nitrogens is 2. The van der Waals surface area contributed by atoms with Gasteiger partial charge in [0.15, 0.2) is 6.61 Å². The predicted octanol–water partition coefficient (Wildman–Crippen LogP) is 2.88. The minimum absolute atomic E-state index is 0.0606. The molecule has 2 N–H and O–H groups in total. The Bertz CT molecular complexity index is 555. The van der Waals surface area contributed by atoms with Crippen LogP contribution >= 0.6 is 11.6 Å². The van der Waals surface area contributed by atoms with Crippen LogP contribution in [0.4, 0.5) is 0 Å². The van der Waals surface area contributed by atoms with Crippen LogP contribution in [0.3, 0.4) is 0 Å². The lowest BCUT2D eigenvalue weighted by atomic mass is 10.1. The van der Waals surface area contributed by atoms with Gasteiger partial charge in [-0.2, -0.15) is 0 Å². The van der Waals surface area contributed by atoms with Crippen LogP contribution in [0.1, 0.15) is 37.2 Å². The van der Waals surface area contributed by atoms with Crippen LogP contribution in [0.25, 0.3) is 0 Å². The zero-order valence-corrected chi connectivity index (χ0v) is 11.6. The Morgan fingerprint density at radius 2 is 2.11 bits per heavy atom. The van der Waals surface area contributed by atoms with Crippen molar-refractivity contribution in [2.45, 2.75) is 32.9 Å². The molecular formula is C13H16ClN3O2. The van der Waals surface area contributed by atoms with Gasteiger partial charge in [-0.05, 0) is 24.6 Å². The highest BCUT2D eigenvalue weighted by molar-refractivity contribution is 6.32. The first kappa shape index (κ1) is 13.8. The molecule has 0 saturated heterocycles. The van der Waals surface area contributed by atoms with Crippen molar-refractivity contribution in [1.29, 1.82) is 0 Å². The molecule has 5 nitrogen and oxygen atoms in total. The summed E-state index contributed by atoms with van der Waals surface area (Å²) >= 11 is 6.12. The highest BCUT2D eigenvalue weighted by Crippen LogP contribution is 2.27. The summed E-state index contributed by atoms with van der Waals surface area (Å²) in [6.07, 6.45) is 0.705. The van der Waals surface area contributed by atoms with Gasteiger partial charge < -0.3 is 14.9 Å². The minimum atomic E-state index is -0.0606. The van der Waals surface area contributed by atoms with Crippen molar-refractivity contribution < 1.29 is 9.15 Å². The maximum Gasteiger partial charge on any atom is 0.253 e. The average molecular weight is 282 g/mol. The third-order valence-electron chi connectivity index (χ3n) is 2.64. The number of nitrogens with zero attached hydrogens (tertiary/aromatic N) is 2. The standard InChI is InChI=1S/C13H16ClN3O2/c1-3-12-16-17-13(19-12)7-18-11-5-4-9(8(2)15)6-10(11)14/h4-6,8H,3,7,15H2,1-2H3/t8-/m1/s1. The van der Waals surface area contributed by atoms with Crippen molar-refractivity contribution in [2.75, 3.05) is 0 Å². The topological polar surface area (TPSA) is 74.2 Å². The first-order chi connectivity index (χ1) is 9.10. The molecule has 0 unspecified atom stereocenters. The van der Waals surface area contributed by atoms with E-state index >= 15 is 0 Å². The second-order valence-corrected chi connectivity index (χ2v) is 4.62. The Morgan fingerprint density at radius 3 is 2.68 bits per heavy atom. The summed E-state index contributed by atoms with van der Waals surface area (Å²) in [5.74, 6) is 1.60. The highest BCUT2D eigenvalue weighted by atomic mass is 35.5. The zero-order chi connectivity index (χ0) is 13.8. The van der Waals surface area contributed by atoms with Gasteiger partial charge in [-0.3, -0.25) is 0 Å². The molecule has 0 aliphatic rings. The summed E-state index contributed by atoms with van der Waals surface area (Å²) in [5, 5.41) is 8.25. The third kappa shape index (κ3) is 3.45. The van der Waals surface area contributed by atoms with Crippen LogP contribution in [0.15, 0.2) is 22.6 Å². The molecule has 0 spiro atoms. The molecule has 1 aromatic heterocycles. The van der Waals surface area contributed by atoms with Crippen molar-refractivity contribution >= 4 is 11.6 Å². The number of halogens is 1. The lowest BCUT2D eigenvalue weighted by molar-refractivity contribution is 0.259. The maximum absolute atomic E-state index is 6.12. The SMILES string of the molecule is CCc1nnc(COc2ccc([C@@H](C)N)cc2Cl)o1. The molecule has 0 aliphatic carbocycles. The van der Waals surface area contributed by atoms with Gasteiger partial charge in [0.05, 0.1) is 5.02 Å². The summed E-state index contributed by atoms with van der Waals surface area (Å²) in [7, 11) is 0. The van der Waals surface area contributed by atoms with E-state index in [9.17, 15) is 0 Å². The van der Waals surface area contributed by atoms with Crippen molar-refractivity contribution in [2.24, 2.45) is 5.73 Å². The van der Waals surface area contributed by atoms with Crippen molar-refractivity contribution in [3.8, 4) is 5.75 Å². The fourth-order valence-electron chi connectivity index (χ4n) is 1.55. The molecule has 1 aromatic carbocycles. The maximum atomic E-state index is 6.12. The zero-order valence-electron chi connectivity index (χ0n) is 10.9. The molecule has 1 atom stereocenters. The normalized spacial score (nSPS) is 12.4. The van der Waals surface area contributed by atoms with E-state index in [1.807, 2.05) is 19.9 Å². The van der Waals surface area contributed by atoms with E-state index < -0.39 is 0 Å². The van der Waals surface area contributed by atoms with Crippen LogP contribution in [0, 0.1) is 0 Å². The number of aryl methyl sites for hydroxylation is 1. The Labute approximate surface area is 116 Å². The highest BCUT2D eigenvalue weighted by Gasteiger charge is 2.09. The Balaban J connectivity index is 2.03. The molecular weight excluding hydrogens is 266 g/mol. The predicted molar refractivity (Wildman–Crippen MR) is 72.1 cm³/mol. The first-order valence-electron chi connectivity index (χ1n) is 6.09. The molecule has 19 heavy (non-hydrogen) atoms. The number of benzene rings is 1. The molecule has 0 bridgehead atoms. The lowest BCUT2D eigenvalue weighted by Crippen LogP contribution is -2.05. The van der Waals surface area contributed by atoms with Gasteiger partial charge >= 0.3 is 0 Å². The van der Waals surface area contributed by atoms with Gasteiger partial charge in [-0.1, -0.05) is 24.6 Å². The van der Waals surface area contributed by atoms with E-state index in [2.05, 4.69) is 10.2 Å². The molecule has 2 rings (SSSR count). The largest absolute Gasteiger partial charge is 0.482 e. The van der Waals surface area contributed by atoms with Gasteiger partial charge in [-0.15, -0.1) is 10.2 Å². The van der Waals surface area contributed by atoms with Gasteiger partial charge in [0.25, 0.3) is 5.89 Å². The molecule has 0 aliphatic heterocycles. The molecule has 6 heteroatoms. The molecule has 0 radical (unpaired) electrons. The summed E-state index contributed by atoms with van der Waals surface area (Å²) in [4.78, 5) is 0. The Hall–Kier alpha value is -1.59. The number of rotatable bonds is 5. The van der Waals surface area contributed by atoms with E-state index in [4.69, 9.17) is 26.5 Å². The number of hydrogen-bond donors (Lipinski definition) is 1. The summed E-state index contributed by atoms with van der Waals surface area (Å²) < 4.78 is 10.9. The minimum Gasteiger partial charge on any atom is -0.482 e. The van der Waals surface area contributed by atoms with Crippen molar-refractivity contribution in [1.82, 2.24) is 10.2 Å².